The number of aryl methyl sites for hydroxylation is 2. The zero-order valence-corrected chi connectivity index (χ0v) is 22.6. The smallest absolute Gasteiger partial charge is 0.191 e. The first-order chi connectivity index (χ1) is 14.6. The van der Waals surface area contributed by atoms with Gasteiger partial charge in [-0.3, -0.25) is 4.68 Å². The molecule has 1 saturated carbocycles. The molecule has 31 heavy (non-hydrogen) atoms. The van der Waals surface area contributed by atoms with Gasteiger partial charge in [-0.1, -0.05) is 33.1 Å². The van der Waals surface area contributed by atoms with Crippen LogP contribution in [-0.2, 0) is 26.4 Å². The first-order valence-electron chi connectivity index (χ1n) is 12.4. The van der Waals surface area contributed by atoms with Crippen molar-refractivity contribution in [1.29, 1.82) is 0 Å². The number of hydrogen-bond acceptors (Lipinski definition) is 3. The topological polar surface area (TPSA) is 57.5 Å². The number of hydrogen-bond donors (Lipinski definition) is 2. The van der Waals surface area contributed by atoms with Gasteiger partial charge in [0.25, 0.3) is 0 Å². The second-order valence-corrected chi connectivity index (χ2v) is 9.12. The molecule has 1 aromatic heterocycles. The van der Waals surface area contributed by atoms with Gasteiger partial charge in [-0.05, 0) is 51.4 Å². The van der Waals surface area contributed by atoms with E-state index in [1.54, 1.807) is 0 Å². The Kier molecular flexibility index (Phi) is 11.6. The minimum Gasteiger partial charge on any atom is -0.357 e. The summed E-state index contributed by atoms with van der Waals surface area (Å²) in [5, 5.41) is 11.9. The molecule has 0 unspecified atom stereocenters. The van der Waals surface area contributed by atoms with E-state index in [0.717, 1.165) is 31.3 Å². The van der Waals surface area contributed by atoms with Gasteiger partial charge in [-0.15, -0.1) is 24.0 Å². The number of likely N-dealkylation sites (tertiary alicyclic amines) is 1. The first kappa shape index (κ1) is 26.4. The molecule has 0 bridgehead atoms. The van der Waals surface area contributed by atoms with Gasteiger partial charge >= 0.3 is 0 Å². The van der Waals surface area contributed by atoms with Crippen LogP contribution >= 0.6 is 24.0 Å². The molecule has 1 saturated heterocycles. The molecule has 3 rings (SSSR count). The molecule has 1 aromatic rings. The molecule has 7 heteroatoms. The molecular formula is C24H45IN6. The van der Waals surface area contributed by atoms with Crippen LogP contribution in [0.15, 0.2) is 4.99 Å². The van der Waals surface area contributed by atoms with E-state index in [-0.39, 0.29) is 24.0 Å². The number of piperidine rings is 1. The normalized spacial score (nSPS) is 19.3. The second kappa shape index (κ2) is 13.7. The summed E-state index contributed by atoms with van der Waals surface area (Å²) < 4.78 is 2.03. The summed E-state index contributed by atoms with van der Waals surface area (Å²) in [6.45, 7) is 11.9. The monoisotopic (exact) mass is 544 g/mol. The van der Waals surface area contributed by atoms with Crippen molar-refractivity contribution in [1.82, 2.24) is 25.3 Å². The predicted octanol–water partition coefficient (Wildman–Crippen LogP) is 4.26. The zero-order chi connectivity index (χ0) is 21.3. The molecule has 0 spiro atoms. The lowest BCUT2D eigenvalue weighted by atomic mass is 9.88. The highest BCUT2D eigenvalue weighted by molar-refractivity contribution is 14.0. The average Bonchev–Trinajstić information content (AvgIpc) is 3.08. The number of guanidine groups is 1. The van der Waals surface area contributed by atoms with Crippen molar-refractivity contribution in [2.45, 2.75) is 91.1 Å². The fraction of sp³-hybridized carbons (Fsp3) is 0.833. The van der Waals surface area contributed by atoms with Crippen molar-refractivity contribution < 1.29 is 0 Å². The Hall–Kier alpha value is -0.830. The Balaban J connectivity index is 0.00000341. The number of aliphatic imine (C=N–C) groups is 1. The fourth-order valence-corrected chi connectivity index (χ4v) is 5.24. The minimum atomic E-state index is 0. The molecule has 0 aromatic carbocycles. The maximum Gasteiger partial charge on any atom is 0.191 e. The van der Waals surface area contributed by atoms with Crippen LogP contribution < -0.4 is 10.6 Å². The first-order valence-corrected chi connectivity index (χ1v) is 12.4. The van der Waals surface area contributed by atoms with Gasteiger partial charge < -0.3 is 15.5 Å². The van der Waals surface area contributed by atoms with E-state index in [1.165, 1.54) is 81.5 Å². The van der Waals surface area contributed by atoms with Crippen molar-refractivity contribution in [2.75, 3.05) is 26.2 Å². The van der Waals surface area contributed by atoms with Gasteiger partial charge in [-0.2, -0.15) is 5.10 Å². The summed E-state index contributed by atoms with van der Waals surface area (Å²) in [5.74, 6) is 1.90. The van der Waals surface area contributed by atoms with Crippen molar-refractivity contribution in [2.24, 2.45) is 18.0 Å². The van der Waals surface area contributed by atoms with Crippen LogP contribution in [-0.4, -0.2) is 52.9 Å². The maximum absolute atomic E-state index is 4.95. The third-order valence-corrected chi connectivity index (χ3v) is 6.94. The van der Waals surface area contributed by atoms with Crippen molar-refractivity contribution >= 4 is 29.9 Å². The zero-order valence-electron chi connectivity index (χ0n) is 20.3. The van der Waals surface area contributed by atoms with Crippen LogP contribution in [0.25, 0.3) is 0 Å². The van der Waals surface area contributed by atoms with Gasteiger partial charge in [0.05, 0.1) is 12.2 Å². The highest BCUT2D eigenvalue weighted by Crippen LogP contribution is 2.25. The quantitative estimate of drug-likeness (QED) is 0.292. The maximum atomic E-state index is 4.95. The average molecular weight is 545 g/mol. The molecule has 178 valence electrons. The molecule has 1 aliphatic carbocycles. The van der Waals surface area contributed by atoms with Gasteiger partial charge in [0.1, 0.15) is 0 Å². The lowest BCUT2D eigenvalue weighted by Gasteiger charge is -2.36. The van der Waals surface area contributed by atoms with E-state index in [2.05, 4.69) is 43.4 Å². The Morgan fingerprint density at radius 1 is 1.03 bits per heavy atom. The summed E-state index contributed by atoms with van der Waals surface area (Å²) >= 11 is 0. The molecule has 2 heterocycles. The van der Waals surface area contributed by atoms with E-state index in [1.807, 2.05) is 4.68 Å². The van der Waals surface area contributed by atoms with E-state index >= 15 is 0 Å². The fourth-order valence-electron chi connectivity index (χ4n) is 5.24. The molecule has 6 nitrogen and oxygen atoms in total. The molecular weight excluding hydrogens is 499 g/mol. The Morgan fingerprint density at radius 2 is 1.74 bits per heavy atom. The molecule has 0 radical (unpaired) electrons. The molecule has 0 atom stereocenters. The molecule has 2 fully saturated rings. The summed E-state index contributed by atoms with van der Waals surface area (Å²) in [5.41, 5.74) is 3.80. The number of rotatable bonds is 8. The minimum absolute atomic E-state index is 0. The number of nitrogens with one attached hydrogen (secondary N) is 2. The van der Waals surface area contributed by atoms with E-state index in [0.29, 0.717) is 12.6 Å². The molecule has 1 aliphatic heterocycles. The third-order valence-electron chi connectivity index (χ3n) is 6.94. The van der Waals surface area contributed by atoms with Crippen LogP contribution in [0.3, 0.4) is 0 Å². The third kappa shape index (κ3) is 7.62. The Bertz CT molecular complexity index is 672. The number of nitrogens with zero attached hydrogens (tertiary/aromatic N) is 4. The van der Waals surface area contributed by atoms with Crippen molar-refractivity contribution in [3.8, 4) is 0 Å². The number of aromatic nitrogens is 2. The van der Waals surface area contributed by atoms with E-state index < -0.39 is 0 Å². The van der Waals surface area contributed by atoms with Crippen LogP contribution in [0, 0.1) is 5.92 Å². The number of halogens is 1. The molecule has 2 N–H and O–H groups in total. The molecule has 2 aliphatic rings. The van der Waals surface area contributed by atoms with Crippen LogP contribution in [0.2, 0.25) is 0 Å². The van der Waals surface area contributed by atoms with Crippen LogP contribution in [0.1, 0.15) is 82.7 Å². The predicted molar refractivity (Wildman–Crippen MR) is 141 cm³/mol. The van der Waals surface area contributed by atoms with Crippen LogP contribution in [0.5, 0.6) is 0 Å². The molecule has 0 amide bonds. The van der Waals surface area contributed by atoms with Crippen molar-refractivity contribution in [3.05, 3.63) is 17.0 Å². The van der Waals surface area contributed by atoms with Crippen molar-refractivity contribution in [3.63, 3.8) is 0 Å². The SMILES string of the molecule is CCNC(=NCc1c(CC)nn(C)c1CC)NC1CCN(CC2CCCCC2)CC1.I. The lowest BCUT2D eigenvalue weighted by Crippen LogP contribution is -2.49. The summed E-state index contributed by atoms with van der Waals surface area (Å²) in [6, 6.07) is 0.524. The van der Waals surface area contributed by atoms with Gasteiger partial charge in [0.15, 0.2) is 5.96 Å². The van der Waals surface area contributed by atoms with E-state index in [4.69, 9.17) is 10.1 Å². The Morgan fingerprint density at radius 3 is 2.35 bits per heavy atom. The van der Waals surface area contributed by atoms with Crippen LogP contribution in [0.4, 0.5) is 0 Å². The summed E-state index contributed by atoms with van der Waals surface area (Å²) in [7, 11) is 2.05. The second-order valence-electron chi connectivity index (χ2n) is 9.12. The highest BCUT2D eigenvalue weighted by atomic mass is 127. The highest BCUT2D eigenvalue weighted by Gasteiger charge is 2.23. The van der Waals surface area contributed by atoms with E-state index in [9.17, 15) is 0 Å². The van der Waals surface area contributed by atoms with Gasteiger partial charge in [0, 0.05) is 50.5 Å². The van der Waals surface area contributed by atoms with Gasteiger partial charge in [-0.25, -0.2) is 4.99 Å². The largest absolute Gasteiger partial charge is 0.357 e. The standard InChI is InChI=1S/C24H44N6.HI/c1-5-22-21(23(6-2)29(4)28-22)17-26-24(25-7-3)27-20-13-15-30(16-14-20)18-19-11-9-8-10-12-19;/h19-20H,5-18H2,1-4H3,(H2,25,26,27);1H. The summed E-state index contributed by atoms with van der Waals surface area (Å²) in [4.78, 5) is 7.65. The summed E-state index contributed by atoms with van der Waals surface area (Å²) in [6.07, 6.45) is 11.6. The van der Waals surface area contributed by atoms with Gasteiger partial charge in [0.2, 0.25) is 0 Å². The lowest BCUT2D eigenvalue weighted by molar-refractivity contribution is 0.160. The Labute approximate surface area is 207 Å².